The molecule has 1 aliphatic carbocycles. The molecule has 5 aromatic rings. The number of nitrogens with zero attached hydrogens (tertiary/aromatic N) is 8. The lowest BCUT2D eigenvalue weighted by Crippen LogP contribution is -2.40. The molecule has 57 heavy (non-hydrogen) atoms. The van der Waals surface area contributed by atoms with Crippen LogP contribution in [-0.4, -0.2) is 61.8 Å². The maximum Gasteiger partial charge on any atom is 0.272 e. The molecule has 8 rings (SSSR count). The summed E-state index contributed by atoms with van der Waals surface area (Å²) in [5.74, 6) is 10.2. The highest BCUT2D eigenvalue weighted by molar-refractivity contribution is 7.15. The number of halogens is 1. The average Bonchev–Trinajstić information content (AvgIpc) is 3.71. The first-order valence-corrected chi connectivity index (χ1v) is 20.9. The fourth-order valence-corrected chi connectivity index (χ4v) is 9.29. The topological polar surface area (TPSA) is 134 Å². The van der Waals surface area contributed by atoms with Gasteiger partial charge < -0.3 is 15.0 Å². The third-order valence-corrected chi connectivity index (χ3v) is 12.8. The van der Waals surface area contributed by atoms with Crippen LogP contribution >= 0.6 is 22.9 Å². The van der Waals surface area contributed by atoms with Crippen LogP contribution in [0.15, 0.2) is 59.6 Å². The number of hydrogen-bond donors (Lipinski definition) is 1. The molecule has 0 spiro atoms. The van der Waals surface area contributed by atoms with Gasteiger partial charge in [-0.3, -0.25) is 14.4 Å². The number of thiophene rings is 1. The van der Waals surface area contributed by atoms with E-state index in [1.807, 2.05) is 13.0 Å². The predicted molar refractivity (Wildman–Crippen MR) is 223 cm³/mol. The van der Waals surface area contributed by atoms with E-state index in [0.717, 1.165) is 97.3 Å². The maximum absolute atomic E-state index is 13.0. The molecule has 3 aromatic heterocycles. The summed E-state index contributed by atoms with van der Waals surface area (Å²) in [5.41, 5.74) is 6.23. The van der Waals surface area contributed by atoms with Crippen LogP contribution in [0.5, 0.6) is 5.75 Å². The Morgan fingerprint density at radius 2 is 1.74 bits per heavy atom. The van der Waals surface area contributed by atoms with E-state index < -0.39 is 0 Å². The Morgan fingerprint density at radius 3 is 2.42 bits per heavy atom. The van der Waals surface area contributed by atoms with Crippen LogP contribution in [0, 0.1) is 49.9 Å². The van der Waals surface area contributed by atoms with Crippen molar-refractivity contribution in [3.63, 3.8) is 0 Å². The van der Waals surface area contributed by atoms with Gasteiger partial charge >= 0.3 is 0 Å². The largest absolute Gasteiger partial charge is 0.490 e. The maximum atomic E-state index is 13.0. The molecule has 2 aromatic carbocycles. The second-order valence-corrected chi connectivity index (χ2v) is 16.6. The first-order chi connectivity index (χ1) is 27.7. The monoisotopic (exact) mass is 797 g/mol. The molecular formula is C44H44ClN9O2S. The number of piperidine rings is 1. The van der Waals surface area contributed by atoms with Crippen molar-refractivity contribution >= 4 is 40.4 Å². The number of aliphatic imine (C=N–C) groups is 1. The fourth-order valence-electron chi connectivity index (χ4n) is 7.86. The Labute approximate surface area is 342 Å². The van der Waals surface area contributed by atoms with Crippen molar-refractivity contribution in [3.8, 4) is 28.7 Å². The highest BCUT2D eigenvalue weighted by Crippen LogP contribution is 2.39. The summed E-state index contributed by atoms with van der Waals surface area (Å²) in [6, 6.07) is 19.3. The van der Waals surface area contributed by atoms with Crippen LogP contribution in [0.25, 0.3) is 5.00 Å². The van der Waals surface area contributed by atoms with Crippen molar-refractivity contribution in [1.82, 2.24) is 30.3 Å². The van der Waals surface area contributed by atoms with Gasteiger partial charge in [0.2, 0.25) is 0 Å². The molecule has 11 nitrogen and oxygen atoms in total. The van der Waals surface area contributed by atoms with Crippen molar-refractivity contribution in [3.05, 3.63) is 110 Å². The third-order valence-electron chi connectivity index (χ3n) is 11.3. The second kappa shape index (κ2) is 16.5. The first-order valence-electron chi connectivity index (χ1n) is 19.7. The summed E-state index contributed by atoms with van der Waals surface area (Å²) in [6.45, 7) is 10.2. The lowest BCUT2D eigenvalue weighted by molar-refractivity contribution is 0.0888. The van der Waals surface area contributed by atoms with Crippen molar-refractivity contribution in [2.75, 3.05) is 18.0 Å². The molecule has 0 radical (unpaired) electrons. The Hall–Kier alpha value is -5.56. The van der Waals surface area contributed by atoms with Gasteiger partial charge in [0.25, 0.3) is 5.91 Å². The molecule has 2 aliphatic heterocycles. The summed E-state index contributed by atoms with van der Waals surface area (Å²) in [7, 11) is 0. The standard InChI is InChI=1S/C44H44ClN9O2S/c1-5-37-42-52-49-28(4)54(42)44-40(26(2)27(3)57-44)41(48-37)31-10-8-29(9-11-31)6-7-30-20-22-53(23-21-30)39-19-18-38(50-51-39)43(55)47-33-13-16-34(17-14-33)56-35-15-12-32(25-46)36(45)24-35/h8-12,15,18-19,24,30,33-34,37H,5,13-14,16-17,20-23H2,1-4H3,(H,47,55)/t33?,34?,37-/m0/s1. The second-order valence-electron chi connectivity index (χ2n) is 15.0. The van der Waals surface area contributed by atoms with Gasteiger partial charge in [-0.25, -0.2) is 0 Å². The van der Waals surface area contributed by atoms with Crippen LogP contribution in [0.1, 0.15) is 113 Å². The molecule has 3 aliphatic rings. The minimum Gasteiger partial charge on any atom is -0.490 e. The highest BCUT2D eigenvalue weighted by atomic mass is 35.5. The van der Waals surface area contributed by atoms with Crippen molar-refractivity contribution in [2.24, 2.45) is 10.9 Å². The predicted octanol–water partition coefficient (Wildman–Crippen LogP) is 8.26. The minimum absolute atomic E-state index is 0.0319. The number of carbonyl (C=O) groups excluding carboxylic acids is 1. The van der Waals surface area contributed by atoms with E-state index in [-0.39, 0.29) is 30.0 Å². The lowest BCUT2D eigenvalue weighted by Gasteiger charge is -2.30. The van der Waals surface area contributed by atoms with Crippen LogP contribution in [0.2, 0.25) is 5.02 Å². The lowest BCUT2D eigenvalue weighted by atomic mass is 9.93. The number of amides is 1. The zero-order valence-electron chi connectivity index (χ0n) is 32.5. The number of anilines is 1. The Balaban J connectivity index is 0.831. The molecular weight excluding hydrogens is 754 g/mol. The van der Waals surface area contributed by atoms with Gasteiger partial charge in [0, 0.05) is 52.7 Å². The number of benzene rings is 2. The molecule has 290 valence electrons. The summed E-state index contributed by atoms with van der Waals surface area (Å²) in [4.78, 5) is 21.8. The van der Waals surface area contributed by atoms with E-state index >= 15 is 0 Å². The summed E-state index contributed by atoms with van der Waals surface area (Å²) in [5, 5.41) is 31.4. The Morgan fingerprint density at radius 1 is 0.965 bits per heavy atom. The minimum atomic E-state index is -0.214. The number of nitrogens with one attached hydrogen (secondary N) is 1. The normalized spacial score (nSPS) is 19.3. The zero-order valence-corrected chi connectivity index (χ0v) is 34.1. The van der Waals surface area contributed by atoms with Gasteiger partial charge in [0.1, 0.15) is 28.7 Å². The molecule has 1 atom stereocenters. The molecule has 0 unspecified atom stereocenters. The molecule has 1 amide bonds. The zero-order chi connectivity index (χ0) is 39.6. The Kier molecular flexibility index (Phi) is 11.1. The number of aromatic nitrogens is 5. The molecule has 13 heteroatoms. The van der Waals surface area contributed by atoms with Gasteiger partial charge in [-0.1, -0.05) is 42.5 Å². The Bertz CT molecular complexity index is 2420. The van der Waals surface area contributed by atoms with E-state index in [2.05, 4.69) is 98.1 Å². The van der Waals surface area contributed by atoms with Crippen molar-refractivity contribution in [2.45, 2.75) is 90.8 Å². The number of aryl methyl sites for hydroxylation is 2. The SMILES string of the molecule is CC[C@@H]1N=C(c2ccc(C#CC3CCN(c4ccc(C(=O)NC5CCC(Oc6ccc(C#N)c(Cl)c6)CC5)nn4)CC3)cc2)c2c(sc(C)c2C)-n2c(C)nnc21. The van der Waals surface area contributed by atoms with Crippen molar-refractivity contribution in [1.29, 1.82) is 5.26 Å². The van der Waals surface area contributed by atoms with E-state index in [0.29, 0.717) is 22.0 Å². The number of fused-ring (bicyclic) bond motifs is 3. The van der Waals surface area contributed by atoms with E-state index in [4.69, 9.17) is 26.6 Å². The van der Waals surface area contributed by atoms with Gasteiger partial charge in [-0.2, -0.15) is 5.26 Å². The summed E-state index contributed by atoms with van der Waals surface area (Å²) in [6.07, 6.45) is 5.93. The molecule has 0 bridgehead atoms. The molecule has 1 saturated carbocycles. The number of ether oxygens (including phenoxy) is 1. The number of rotatable bonds is 7. The molecule has 1 N–H and O–H groups in total. The smallest absolute Gasteiger partial charge is 0.272 e. The molecule has 5 heterocycles. The van der Waals surface area contributed by atoms with Crippen LogP contribution < -0.4 is 15.0 Å². The van der Waals surface area contributed by atoms with E-state index in [1.165, 1.54) is 16.0 Å². The highest BCUT2D eigenvalue weighted by Gasteiger charge is 2.31. The molecule has 1 saturated heterocycles. The fraction of sp³-hybridized carbons (Fsp3) is 0.386. The van der Waals surface area contributed by atoms with Crippen LogP contribution in [0.4, 0.5) is 5.82 Å². The van der Waals surface area contributed by atoms with Gasteiger partial charge in [0.05, 0.1) is 22.4 Å². The summed E-state index contributed by atoms with van der Waals surface area (Å²) >= 11 is 7.93. The first kappa shape index (κ1) is 38.3. The third kappa shape index (κ3) is 8.03. The number of nitriles is 1. The van der Waals surface area contributed by atoms with Crippen LogP contribution in [0.3, 0.4) is 0 Å². The van der Waals surface area contributed by atoms with Crippen LogP contribution in [-0.2, 0) is 0 Å². The van der Waals surface area contributed by atoms with E-state index in [1.54, 1.807) is 35.6 Å². The van der Waals surface area contributed by atoms with Gasteiger partial charge in [0.15, 0.2) is 17.3 Å². The van der Waals surface area contributed by atoms with Crippen molar-refractivity contribution < 1.29 is 9.53 Å². The van der Waals surface area contributed by atoms with Gasteiger partial charge in [-0.05, 0) is 108 Å². The number of carbonyl (C=O) groups is 1. The number of hydrogen-bond acceptors (Lipinski definition) is 10. The summed E-state index contributed by atoms with van der Waals surface area (Å²) < 4.78 is 8.29. The average molecular weight is 798 g/mol. The van der Waals surface area contributed by atoms with Gasteiger partial charge in [-0.15, -0.1) is 31.7 Å². The van der Waals surface area contributed by atoms with E-state index in [9.17, 15) is 4.79 Å². The quantitative estimate of drug-likeness (QED) is 0.163. The molecule has 2 fully saturated rings.